The standard InChI is InChI=1S/C9H8F3NO5S2/c10-9(11,12)20(17,18)13-19(16,6-8(14)15)7-4-2-1-3-5-7/h1-5H,6H2,(H,14,15). The Morgan fingerprint density at radius 1 is 1.15 bits per heavy atom. The number of halogens is 3. The maximum atomic E-state index is 12.3. The van der Waals surface area contributed by atoms with E-state index in [9.17, 15) is 30.6 Å². The van der Waals surface area contributed by atoms with Gasteiger partial charge in [0.1, 0.15) is 15.5 Å². The van der Waals surface area contributed by atoms with Crippen LogP contribution in [0, 0.1) is 0 Å². The number of alkyl halides is 3. The van der Waals surface area contributed by atoms with E-state index in [1.165, 1.54) is 18.2 Å². The first-order valence-corrected chi connectivity index (χ1v) is 7.95. The highest BCUT2D eigenvalue weighted by atomic mass is 32.3. The fraction of sp³-hybridized carbons (Fsp3) is 0.222. The smallest absolute Gasteiger partial charge is 0.481 e. The van der Waals surface area contributed by atoms with Crippen LogP contribution in [0.25, 0.3) is 0 Å². The van der Waals surface area contributed by atoms with Gasteiger partial charge in [-0.2, -0.15) is 21.6 Å². The maximum Gasteiger partial charge on any atom is 0.519 e. The van der Waals surface area contributed by atoms with Crippen molar-refractivity contribution in [1.82, 2.24) is 0 Å². The first kappa shape index (κ1) is 16.4. The summed E-state index contributed by atoms with van der Waals surface area (Å²) in [5.41, 5.74) is -5.75. The Morgan fingerprint density at radius 3 is 2.05 bits per heavy atom. The zero-order valence-corrected chi connectivity index (χ0v) is 11.2. The molecule has 1 atom stereocenters. The Hall–Kier alpha value is -1.62. The minimum Gasteiger partial charge on any atom is -0.481 e. The van der Waals surface area contributed by atoms with E-state index in [2.05, 4.69) is 3.77 Å². The second-order valence-electron chi connectivity index (χ2n) is 3.49. The first-order valence-electron chi connectivity index (χ1n) is 4.82. The van der Waals surface area contributed by atoms with Crippen molar-refractivity contribution in [3.8, 4) is 0 Å². The molecule has 1 unspecified atom stereocenters. The molecule has 6 nitrogen and oxygen atoms in total. The van der Waals surface area contributed by atoms with E-state index < -0.39 is 41.9 Å². The van der Waals surface area contributed by atoms with Crippen molar-refractivity contribution in [1.29, 1.82) is 0 Å². The van der Waals surface area contributed by atoms with Gasteiger partial charge in [-0.25, -0.2) is 4.21 Å². The van der Waals surface area contributed by atoms with Crippen molar-refractivity contribution in [2.75, 3.05) is 5.75 Å². The lowest BCUT2D eigenvalue weighted by Gasteiger charge is -2.09. The third-order valence-corrected chi connectivity index (χ3v) is 5.92. The lowest BCUT2D eigenvalue weighted by atomic mass is 10.4. The number of nitrogens with zero attached hydrogens (tertiary/aromatic N) is 1. The van der Waals surface area contributed by atoms with Crippen LogP contribution >= 0.6 is 0 Å². The van der Waals surface area contributed by atoms with E-state index in [0.717, 1.165) is 12.1 Å². The van der Waals surface area contributed by atoms with E-state index in [-0.39, 0.29) is 0 Å². The highest BCUT2D eigenvalue weighted by molar-refractivity contribution is 8.04. The van der Waals surface area contributed by atoms with Crippen LogP contribution in [-0.2, 0) is 24.5 Å². The quantitative estimate of drug-likeness (QED) is 0.900. The number of benzene rings is 1. The molecular formula is C9H8F3NO5S2. The predicted octanol–water partition coefficient (Wildman–Crippen LogP) is 1.45. The van der Waals surface area contributed by atoms with E-state index in [4.69, 9.17) is 5.11 Å². The minimum absolute atomic E-state index is 0.407. The van der Waals surface area contributed by atoms with Crippen LogP contribution < -0.4 is 0 Å². The van der Waals surface area contributed by atoms with Crippen molar-refractivity contribution in [2.45, 2.75) is 10.4 Å². The normalized spacial score (nSPS) is 15.3. The van der Waals surface area contributed by atoms with Crippen molar-refractivity contribution >= 4 is 25.7 Å². The Bertz CT molecular complexity index is 718. The number of carboxylic acids is 1. The van der Waals surface area contributed by atoms with Gasteiger partial charge < -0.3 is 5.11 Å². The number of rotatable bonds is 4. The number of aliphatic carboxylic acids is 1. The van der Waals surface area contributed by atoms with Crippen LogP contribution in [0.4, 0.5) is 13.2 Å². The summed E-state index contributed by atoms with van der Waals surface area (Å²) in [5, 5.41) is 8.59. The summed E-state index contributed by atoms with van der Waals surface area (Å²) in [4.78, 5) is 10.2. The fourth-order valence-electron chi connectivity index (χ4n) is 1.15. The summed E-state index contributed by atoms with van der Waals surface area (Å²) >= 11 is 0. The molecule has 112 valence electrons. The highest BCUT2D eigenvalue weighted by Crippen LogP contribution is 2.27. The molecule has 0 amide bonds. The lowest BCUT2D eigenvalue weighted by Crippen LogP contribution is -2.24. The highest BCUT2D eigenvalue weighted by Gasteiger charge is 2.47. The molecule has 1 aromatic rings. The van der Waals surface area contributed by atoms with Crippen LogP contribution in [0.1, 0.15) is 0 Å². The minimum atomic E-state index is -6.06. The monoisotopic (exact) mass is 331 g/mol. The molecule has 1 N–H and O–H groups in total. The molecule has 0 saturated heterocycles. The second kappa shape index (κ2) is 5.40. The summed E-state index contributed by atoms with van der Waals surface area (Å²) in [7, 11) is -10.4. The fourth-order valence-corrected chi connectivity index (χ4v) is 4.40. The first-order chi connectivity index (χ1) is 8.98. The van der Waals surface area contributed by atoms with Gasteiger partial charge in [0.15, 0.2) is 0 Å². The molecule has 0 bridgehead atoms. The van der Waals surface area contributed by atoms with Crippen LogP contribution in [0.5, 0.6) is 0 Å². The summed E-state index contributed by atoms with van der Waals surface area (Å²) < 4.78 is 73.3. The van der Waals surface area contributed by atoms with Crippen molar-refractivity contribution in [2.24, 2.45) is 3.77 Å². The molecule has 0 aliphatic carbocycles. The number of sulfonamides is 1. The van der Waals surface area contributed by atoms with E-state index in [0.29, 0.717) is 0 Å². The average molecular weight is 331 g/mol. The molecular weight excluding hydrogens is 323 g/mol. The van der Waals surface area contributed by atoms with Gasteiger partial charge in [-0.3, -0.25) is 4.79 Å². The SMILES string of the molecule is O=C(O)CS(=O)(=NS(=O)(=O)C(F)(F)F)c1ccccc1. The Labute approximate surface area is 112 Å². The molecule has 0 radical (unpaired) electrons. The van der Waals surface area contributed by atoms with Gasteiger partial charge in [-0.05, 0) is 12.1 Å². The Morgan fingerprint density at radius 2 is 1.65 bits per heavy atom. The summed E-state index contributed by atoms with van der Waals surface area (Å²) in [5.74, 6) is -3.09. The molecule has 0 spiro atoms. The zero-order valence-electron chi connectivity index (χ0n) is 9.57. The summed E-state index contributed by atoms with van der Waals surface area (Å²) in [6.07, 6.45) is 0. The molecule has 11 heteroatoms. The summed E-state index contributed by atoms with van der Waals surface area (Å²) in [6, 6.07) is 6.06. The molecule has 20 heavy (non-hydrogen) atoms. The summed E-state index contributed by atoms with van der Waals surface area (Å²) in [6.45, 7) is 0. The largest absolute Gasteiger partial charge is 0.519 e. The molecule has 0 heterocycles. The van der Waals surface area contributed by atoms with Crippen LogP contribution in [-0.4, -0.2) is 35.0 Å². The molecule has 0 fully saturated rings. The molecule has 0 aliphatic heterocycles. The molecule has 0 aliphatic rings. The third kappa shape index (κ3) is 3.70. The average Bonchev–Trinajstić information content (AvgIpc) is 2.26. The molecule has 0 aromatic heterocycles. The van der Waals surface area contributed by atoms with Crippen LogP contribution in [0.15, 0.2) is 39.0 Å². The van der Waals surface area contributed by atoms with Crippen molar-refractivity contribution < 1.29 is 35.7 Å². The lowest BCUT2D eigenvalue weighted by molar-refractivity contribution is -0.134. The number of hydrogen-bond acceptors (Lipinski definition) is 4. The van der Waals surface area contributed by atoms with Crippen LogP contribution in [0.3, 0.4) is 0 Å². The topological polar surface area (TPSA) is 101 Å². The van der Waals surface area contributed by atoms with Gasteiger partial charge in [0, 0.05) is 4.90 Å². The molecule has 1 rings (SSSR count). The van der Waals surface area contributed by atoms with E-state index in [1.54, 1.807) is 0 Å². The second-order valence-corrected chi connectivity index (χ2v) is 7.54. The van der Waals surface area contributed by atoms with Crippen molar-refractivity contribution in [3.63, 3.8) is 0 Å². The number of carbonyl (C=O) groups is 1. The maximum absolute atomic E-state index is 12.3. The predicted molar refractivity (Wildman–Crippen MR) is 62.8 cm³/mol. The number of carboxylic acid groups (broad SMARTS) is 1. The Kier molecular flexibility index (Phi) is 4.44. The van der Waals surface area contributed by atoms with Gasteiger partial charge in [0.05, 0.1) is 0 Å². The Balaban J connectivity index is 3.58. The molecule has 0 saturated carbocycles. The zero-order chi connectivity index (χ0) is 15.6. The third-order valence-electron chi connectivity index (χ3n) is 1.94. The van der Waals surface area contributed by atoms with Gasteiger partial charge in [-0.15, -0.1) is 0 Å². The van der Waals surface area contributed by atoms with Crippen LogP contribution in [0.2, 0.25) is 0 Å². The van der Waals surface area contributed by atoms with Crippen molar-refractivity contribution in [3.05, 3.63) is 30.3 Å². The molecule has 1 aromatic carbocycles. The van der Waals surface area contributed by atoms with Gasteiger partial charge >= 0.3 is 21.5 Å². The van der Waals surface area contributed by atoms with Gasteiger partial charge in [0.25, 0.3) is 0 Å². The number of hydrogen-bond donors (Lipinski definition) is 1. The van der Waals surface area contributed by atoms with E-state index >= 15 is 0 Å². The van der Waals surface area contributed by atoms with E-state index in [1.807, 2.05) is 0 Å². The van der Waals surface area contributed by atoms with Gasteiger partial charge in [-0.1, -0.05) is 22.0 Å². The van der Waals surface area contributed by atoms with Gasteiger partial charge in [0.2, 0.25) is 0 Å².